The molecule has 30 nitrogen and oxygen atoms in total. The summed E-state index contributed by atoms with van der Waals surface area (Å²) in [4.78, 5) is 180. The molecule has 95 heavy (non-hydrogen) atoms. The lowest BCUT2D eigenvalue weighted by atomic mass is 9.83. The molecule has 0 aromatic heterocycles. The summed E-state index contributed by atoms with van der Waals surface area (Å²) < 4.78 is 0. The molecule has 30 heteroatoms. The van der Waals surface area contributed by atoms with Crippen molar-refractivity contribution >= 4 is 82.0 Å². The minimum atomic E-state index is -1.61. The molecule has 0 bridgehead atoms. The molecule has 0 radical (unpaired) electrons. The summed E-state index contributed by atoms with van der Waals surface area (Å²) >= 11 is 0. The van der Waals surface area contributed by atoms with E-state index >= 15 is 0 Å². The SMILES string of the molecule is CC[C@H](C)[C@H](CC(=O)[C@H](CCCCN)NC(=O)[C@@H](CC(=O)[C@H](CO)NC(=O)[C@H](CO)CC(=O)CNC(=O)[C@H](CCCN=C(N)N)CC(=O)[C@@H](C)CO)CC(C)C)C(=O)N[C@@H](CC(C)C)C(=O)C[C@@H](CO)C(=O)N[C@@H](CCCCN)C(=O)CCC(=O)N[C@@H](CCCCN)C(N)=O. The number of nitrogens with two attached hydrogens (primary N) is 6. The standard InChI is InChI=1S/C65H117N13O17/c1-8-40(6)47(64(95)77-51(27-39(4)5)55(86)31-45(36-81)63(94)75-48(17-9-12-22-66)53(84)20-21-58(89)74-50(59(69)90)19-11-14-24-68)32-57(88)49(18-10-13-23-67)76-61(92)43(26-38(2)3)30-56(87)52(37-82)78-62(93)44(35-80)28-46(83)33-73-60(91)42(16-15-25-72-65(70)71)29-54(85)41(7)34-79/h38-45,47-52,79-82H,8-37,66-68H2,1-7H3,(H2,69,90)(H,73,91)(H,74,89)(H,75,94)(H,76,92)(H,77,95)(H,78,93)(H4,70,71,72)/t40-,41-,42+,43+,44-,45-,47-,48-,49-,50-,51-,52-/m0/s1. The number of carbonyl (C=O) groups excluding carboxylic acids is 13. The minimum absolute atomic E-state index is 0.0886. The monoisotopic (exact) mass is 1350 g/mol. The van der Waals surface area contributed by atoms with Gasteiger partial charge in [-0.1, -0.05) is 54.9 Å². The third-order valence-corrected chi connectivity index (χ3v) is 16.7. The normalized spacial score (nSPS) is 15.2. The fourth-order valence-electron chi connectivity index (χ4n) is 10.6. The smallest absolute Gasteiger partial charge is 0.239 e. The second-order valence-corrected chi connectivity index (χ2v) is 25.8. The highest BCUT2D eigenvalue weighted by Gasteiger charge is 2.37. The summed E-state index contributed by atoms with van der Waals surface area (Å²) in [6.45, 7) is 9.66. The molecule has 0 heterocycles. The summed E-state index contributed by atoms with van der Waals surface area (Å²) in [6.07, 6.45) is 1.43. The number of carbonyl (C=O) groups is 13. The third kappa shape index (κ3) is 36.8. The van der Waals surface area contributed by atoms with Gasteiger partial charge in [0.1, 0.15) is 17.9 Å². The number of aliphatic hydroxyl groups excluding tert-OH is 4. The Labute approximate surface area is 560 Å². The first-order chi connectivity index (χ1) is 44.9. The van der Waals surface area contributed by atoms with Crippen molar-refractivity contribution in [2.75, 3.05) is 59.2 Å². The summed E-state index contributed by atoms with van der Waals surface area (Å²) in [6, 6.07) is -6.09. The van der Waals surface area contributed by atoms with Crippen LogP contribution in [-0.4, -0.2) is 192 Å². The fraction of sp³-hybridized carbons (Fsp3) is 0.785. The van der Waals surface area contributed by atoms with Crippen molar-refractivity contribution in [3.63, 3.8) is 0 Å². The van der Waals surface area contributed by atoms with E-state index in [0.29, 0.717) is 64.5 Å². The van der Waals surface area contributed by atoms with E-state index < -0.39 is 201 Å². The Hall–Kier alpha value is -6.70. The van der Waals surface area contributed by atoms with Gasteiger partial charge in [-0.3, -0.25) is 67.3 Å². The maximum absolute atomic E-state index is 14.5. The highest BCUT2D eigenvalue weighted by molar-refractivity contribution is 5.99. The van der Waals surface area contributed by atoms with Crippen LogP contribution in [0.4, 0.5) is 0 Å². The zero-order valence-corrected chi connectivity index (χ0v) is 57.3. The lowest BCUT2D eigenvalue weighted by Crippen LogP contribution is -2.50. The Morgan fingerprint density at radius 1 is 0.421 bits per heavy atom. The predicted molar refractivity (Wildman–Crippen MR) is 356 cm³/mol. The Balaban J connectivity index is 6.47. The van der Waals surface area contributed by atoms with Gasteiger partial charge in [-0.25, -0.2) is 0 Å². The fourth-order valence-corrected chi connectivity index (χ4v) is 10.6. The summed E-state index contributed by atoms with van der Waals surface area (Å²) in [5.41, 5.74) is 33.3. The average Bonchev–Trinajstić information content (AvgIpc) is 0.899. The largest absolute Gasteiger partial charge is 0.396 e. The van der Waals surface area contributed by atoms with E-state index in [1.807, 2.05) is 0 Å². The maximum atomic E-state index is 14.5. The second-order valence-electron chi connectivity index (χ2n) is 25.8. The number of rotatable bonds is 57. The zero-order valence-electron chi connectivity index (χ0n) is 57.3. The summed E-state index contributed by atoms with van der Waals surface area (Å²) in [5, 5.41) is 56.1. The molecule has 0 aromatic rings. The first-order valence-corrected chi connectivity index (χ1v) is 33.7. The van der Waals surface area contributed by atoms with Crippen molar-refractivity contribution in [3.05, 3.63) is 0 Å². The number of aliphatic hydroxyl groups is 4. The van der Waals surface area contributed by atoms with Gasteiger partial charge in [0.05, 0.1) is 62.9 Å². The van der Waals surface area contributed by atoms with Crippen LogP contribution in [0.25, 0.3) is 0 Å². The van der Waals surface area contributed by atoms with E-state index in [2.05, 4.69) is 36.9 Å². The Morgan fingerprint density at radius 3 is 1.37 bits per heavy atom. The number of ketones is 6. The van der Waals surface area contributed by atoms with E-state index in [1.165, 1.54) is 6.92 Å². The molecule has 0 saturated heterocycles. The zero-order chi connectivity index (χ0) is 72.3. The van der Waals surface area contributed by atoms with Crippen LogP contribution in [0, 0.1) is 53.3 Å². The van der Waals surface area contributed by atoms with Gasteiger partial charge in [-0.15, -0.1) is 0 Å². The number of nitrogens with zero attached hydrogens (tertiary/aromatic N) is 1. The number of guanidine groups is 1. The van der Waals surface area contributed by atoms with Crippen LogP contribution in [0.3, 0.4) is 0 Å². The predicted octanol–water partition coefficient (Wildman–Crippen LogP) is -1.58. The Kier molecular flexibility index (Phi) is 46.3. The van der Waals surface area contributed by atoms with Gasteiger partial charge in [0, 0.05) is 75.2 Å². The molecule has 544 valence electrons. The highest BCUT2D eigenvalue weighted by Crippen LogP contribution is 2.25. The van der Waals surface area contributed by atoms with Crippen molar-refractivity contribution < 1.29 is 82.8 Å². The number of unbranched alkanes of at least 4 members (excludes halogenated alkanes) is 3. The topological polar surface area (TPSA) is 543 Å². The van der Waals surface area contributed by atoms with E-state index in [0.717, 1.165) is 0 Å². The number of primary amides is 1. The van der Waals surface area contributed by atoms with Crippen LogP contribution in [0.5, 0.6) is 0 Å². The van der Waals surface area contributed by atoms with E-state index in [9.17, 15) is 82.8 Å². The second kappa shape index (κ2) is 49.8. The minimum Gasteiger partial charge on any atom is -0.396 e. The van der Waals surface area contributed by atoms with Crippen molar-refractivity contribution in [3.8, 4) is 0 Å². The molecule has 0 aliphatic heterocycles. The third-order valence-electron chi connectivity index (χ3n) is 16.7. The Bertz CT molecular complexity index is 2460. The van der Waals surface area contributed by atoms with Gasteiger partial charge in [0.2, 0.25) is 41.4 Å². The lowest BCUT2D eigenvalue weighted by Gasteiger charge is -2.29. The van der Waals surface area contributed by atoms with Gasteiger partial charge in [0.15, 0.2) is 34.9 Å². The molecule has 7 amide bonds. The number of Topliss-reactive ketones (excluding diaryl/α,β-unsaturated/α-hetero) is 6. The van der Waals surface area contributed by atoms with E-state index in [4.69, 9.17) is 34.4 Å². The quantitative estimate of drug-likeness (QED) is 0.0186. The molecule has 0 spiro atoms. The number of nitrogens with one attached hydrogen (secondary N) is 6. The van der Waals surface area contributed by atoms with E-state index in [1.54, 1.807) is 41.5 Å². The molecule has 0 saturated carbocycles. The molecule has 0 aromatic carbocycles. The Morgan fingerprint density at radius 2 is 0.884 bits per heavy atom. The molecular weight excluding hydrogens is 1230 g/mol. The first-order valence-electron chi connectivity index (χ1n) is 33.7. The lowest BCUT2D eigenvalue weighted by molar-refractivity contribution is -0.137. The number of hydrogen-bond acceptors (Lipinski definition) is 21. The van der Waals surface area contributed by atoms with Gasteiger partial charge >= 0.3 is 0 Å². The number of amides is 7. The molecule has 12 atom stereocenters. The molecule has 0 aliphatic rings. The van der Waals surface area contributed by atoms with Crippen LogP contribution in [0.2, 0.25) is 0 Å². The number of hydrogen-bond donors (Lipinski definition) is 16. The molecule has 22 N–H and O–H groups in total. The highest BCUT2D eigenvalue weighted by atomic mass is 16.3. The van der Waals surface area contributed by atoms with Crippen molar-refractivity contribution in [1.82, 2.24) is 31.9 Å². The summed E-state index contributed by atoms with van der Waals surface area (Å²) in [5.74, 6) is -16.4. The van der Waals surface area contributed by atoms with Gasteiger partial charge in [0.25, 0.3) is 0 Å². The molecule has 0 rings (SSSR count). The van der Waals surface area contributed by atoms with Crippen LogP contribution < -0.4 is 66.3 Å². The van der Waals surface area contributed by atoms with E-state index in [-0.39, 0.29) is 94.5 Å². The van der Waals surface area contributed by atoms with Gasteiger partial charge in [-0.2, -0.15) is 0 Å². The first kappa shape index (κ1) is 88.3. The van der Waals surface area contributed by atoms with Crippen molar-refractivity contribution in [2.45, 2.75) is 214 Å². The van der Waals surface area contributed by atoms with Gasteiger partial charge < -0.3 is 86.7 Å². The summed E-state index contributed by atoms with van der Waals surface area (Å²) in [7, 11) is 0. The van der Waals surface area contributed by atoms with Crippen molar-refractivity contribution in [2.24, 2.45) is 92.7 Å². The van der Waals surface area contributed by atoms with Crippen LogP contribution >= 0.6 is 0 Å². The van der Waals surface area contributed by atoms with Crippen LogP contribution in [0.15, 0.2) is 4.99 Å². The molecule has 0 aliphatic carbocycles. The van der Waals surface area contributed by atoms with Crippen LogP contribution in [-0.2, 0) is 62.3 Å². The molecule has 0 unspecified atom stereocenters. The maximum Gasteiger partial charge on any atom is 0.239 e. The molecular formula is C65H117N13O17. The molecule has 0 fully saturated rings. The van der Waals surface area contributed by atoms with Crippen molar-refractivity contribution in [1.29, 1.82) is 0 Å². The average molecular weight is 1350 g/mol. The van der Waals surface area contributed by atoms with Gasteiger partial charge in [-0.05, 0) is 121 Å². The van der Waals surface area contributed by atoms with Crippen LogP contribution in [0.1, 0.15) is 183 Å². The number of aliphatic imine (C=N–C) groups is 1.